The van der Waals surface area contributed by atoms with Gasteiger partial charge >= 0.3 is 313 Å². The number of hydrogen-bond acceptors (Lipinski definition) is 6. The van der Waals surface area contributed by atoms with Crippen LogP contribution in [0.5, 0.6) is 11.5 Å². The molecule has 0 unspecified atom stereocenters. The molecule has 2 aliphatic heterocycles. The fourth-order valence-electron chi connectivity index (χ4n) is 9.08. The molecule has 49 heavy (non-hydrogen) atoms. The number of methoxy groups -OCH3 is 1. The van der Waals surface area contributed by atoms with E-state index in [-0.39, 0.29) is 33.7 Å². The van der Waals surface area contributed by atoms with Gasteiger partial charge < -0.3 is 0 Å². The molecule has 2 heterocycles. The Morgan fingerprint density at radius 2 is 1.59 bits per heavy atom. The zero-order chi connectivity index (χ0) is 34.0. The summed E-state index contributed by atoms with van der Waals surface area (Å²) in [5.74, 6) is 5.52. The minimum atomic E-state index is -0.113. The second-order valence-corrected chi connectivity index (χ2v) is 18.8. The summed E-state index contributed by atoms with van der Waals surface area (Å²) in [6, 6.07) is 28.9. The number of likely N-dealkylation sites (tertiary alicyclic amines) is 1. The quantitative estimate of drug-likeness (QED) is 0.195. The third-order valence-electron chi connectivity index (χ3n) is 11.8. The monoisotopic (exact) mass is 735 g/mol. The second-order valence-electron chi connectivity index (χ2n) is 15.3. The van der Waals surface area contributed by atoms with Crippen LogP contribution < -0.4 is 9.47 Å². The number of nitrogens with zero attached hydrogens (tertiary/aromatic N) is 1. The van der Waals surface area contributed by atoms with Crippen molar-refractivity contribution in [2.24, 2.45) is 17.8 Å². The Labute approximate surface area is 311 Å². The van der Waals surface area contributed by atoms with Gasteiger partial charge in [0.15, 0.2) is 0 Å². The molecule has 0 bridgehead atoms. The number of rotatable bonds is 11. The van der Waals surface area contributed by atoms with Crippen LogP contribution in [-0.4, -0.2) is 51.0 Å². The molecule has 2 aliphatic carbocycles. The summed E-state index contributed by atoms with van der Waals surface area (Å²) in [5.41, 5.74) is 4.10. The van der Waals surface area contributed by atoms with Gasteiger partial charge in [-0.3, -0.25) is 0 Å². The maximum absolute atomic E-state index is 7.44. The molecule has 4 nitrogen and oxygen atoms in total. The molecule has 2 saturated heterocycles. The summed E-state index contributed by atoms with van der Waals surface area (Å²) in [7, 11) is 1.76. The molecule has 7 rings (SSSR count). The zero-order valence-corrected chi connectivity index (χ0v) is 32.6. The van der Waals surface area contributed by atoms with Crippen LogP contribution in [0.4, 0.5) is 0 Å². The molecule has 2 saturated carbocycles. The van der Waals surface area contributed by atoms with E-state index in [2.05, 4.69) is 144 Å². The Hall–Kier alpha value is -1.72. The molecule has 3 aromatic rings. The van der Waals surface area contributed by atoms with Gasteiger partial charge in [-0.25, -0.2) is 0 Å². The topological polar surface area (TPSA) is 30.9 Å². The van der Waals surface area contributed by atoms with E-state index in [4.69, 9.17) is 14.2 Å². The third kappa shape index (κ3) is 7.46. The molecule has 0 aromatic heterocycles. The van der Waals surface area contributed by atoms with Crippen LogP contribution in [0.2, 0.25) is 0 Å². The summed E-state index contributed by atoms with van der Waals surface area (Å²) in [5, 5.41) is 0. The van der Waals surface area contributed by atoms with Crippen molar-refractivity contribution in [1.29, 1.82) is 0 Å². The van der Waals surface area contributed by atoms with Crippen LogP contribution in [-0.2, 0) is 32.5 Å². The van der Waals surface area contributed by atoms with Gasteiger partial charge in [0.2, 0.25) is 0 Å². The predicted octanol–water partition coefficient (Wildman–Crippen LogP) is 9.84. The molecule has 7 heteroatoms. The molecule has 262 valence electrons. The first-order chi connectivity index (χ1) is 23.8. The van der Waals surface area contributed by atoms with Gasteiger partial charge in [-0.1, -0.05) is 0 Å². The molecule has 0 amide bonds. The van der Waals surface area contributed by atoms with Gasteiger partial charge in [-0.15, -0.1) is 0 Å². The first-order valence-electron chi connectivity index (χ1n) is 18.5. The van der Waals surface area contributed by atoms with Gasteiger partial charge in [0.1, 0.15) is 0 Å². The van der Waals surface area contributed by atoms with Crippen LogP contribution in [0.25, 0.3) is 0 Å². The van der Waals surface area contributed by atoms with Crippen LogP contribution in [0, 0.1) is 17.8 Å². The predicted molar refractivity (Wildman–Crippen MR) is 202 cm³/mol. The first-order valence-corrected chi connectivity index (χ1v) is 21.1. The normalized spacial score (nSPS) is 27.5. The molecular weight excluding hydrogens is 683 g/mol. The molecular formula is C42H53CrNO3S2. The number of ether oxygens (including phenoxy) is 3. The van der Waals surface area contributed by atoms with Gasteiger partial charge in [0.25, 0.3) is 0 Å². The Morgan fingerprint density at radius 1 is 0.898 bits per heavy atom. The van der Waals surface area contributed by atoms with Crippen molar-refractivity contribution in [3.05, 3.63) is 95.6 Å². The second kappa shape index (κ2) is 15.5. The van der Waals surface area contributed by atoms with Gasteiger partial charge in [0.05, 0.1) is 0 Å². The standard InChI is InChI=1S/C42H53NO3S2.Cr/c1-30-19-21-36(41(2,3)33-15-9-6-10-16-33)39(25-30)45-29-37-35(32-20-22-38(44-4)40(26-32)46-34-17-11-12-18-34)28-43(42(37)47-23-24-48-42)27-31-13-7-5-8-14-31;/h5-10,13-16,20,22,26,30,34-37,39H,11-12,17-19,21,23-25,27-28H2,1-4H3;/t30-,35-,36-,37-,39-;/m1./s1. The average molecular weight is 736 g/mol. The Bertz CT molecular complexity index is 1560. The van der Waals surface area contributed by atoms with E-state index in [1.807, 2.05) is 0 Å². The van der Waals surface area contributed by atoms with Crippen molar-refractivity contribution >= 4 is 28.1 Å². The SMILES string of the molecule is COc1ccc([C@H]2CN(Cc3ccccc3)C3(SCCS3)[C@@H]2[C](=[Cr])O[C@@H]2C[C@H](C)CC[C@H]2C(C)(C)c2ccccc2)cc1OC1CCCC1. The van der Waals surface area contributed by atoms with Crippen LogP contribution in [0.1, 0.15) is 88.3 Å². The van der Waals surface area contributed by atoms with E-state index < -0.39 is 0 Å². The van der Waals surface area contributed by atoms with Crippen molar-refractivity contribution < 1.29 is 30.1 Å². The van der Waals surface area contributed by atoms with E-state index in [1.54, 1.807) is 7.11 Å². The molecule has 4 fully saturated rings. The number of benzene rings is 3. The van der Waals surface area contributed by atoms with Gasteiger partial charge in [0, 0.05) is 0 Å². The maximum atomic E-state index is 7.44. The molecule has 0 radical (unpaired) electrons. The third-order valence-corrected chi connectivity index (χ3v) is 16.0. The van der Waals surface area contributed by atoms with Crippen LogP contribution >= 0.6 is 23.5 Å². The minimum absolute atomic E-state index is 0.0117. The van der Waals surface area contributed by atoms with Crippen LogP contribution in [0.15, 0.2) is 78.9 Å². The first kappa shape index (κ1) is 35.7. The van der Waals surface area contributed by atoms with E-state index >= 15 is 0 Å². The summed E-state index contributed by atoms with van der Waals surface area (Å²) in [6.07, 6.45) is 8.69. The summed E-state index contributed by atoms with van der Waals surface area (Å²) >= 11 is 7.87. The van der Waals surface area contributed by atoms with Crippen molar-refractivity contribution in [3.63, 3.8) is 0 Å². The molecule has 1 spiro atoms. The molecule has 0 N–H and O–H groups in total. The fraction of sp³-hybridized carbons (Fsp3) is 0.548. The summed E-state index contributed by atoms with van der Waals surface area (Å²) < 4.78 is 20.9. The Morgan fingerprint density at radius 3 is 2.29 bits per heavy atom. The molecule has 4 aliphatic rings. The van der Waals surface area contributed by atoms with E-state index in [9.17, 15) is 0 Å². The van der Waals surface area contributed by atoms with Crippen molar-refractivity contribution in [3.8, 4) is 11.5 Å². The summed E-state index contributed by atoms with van der Waals surface area (Å²) in [4.78, 5) is 2.76. The van der Waals surface area contributed by atoms with Crippen molar-refractivity contribution in [2.75, 3.05) is 25.2 Å². The average Bonchev–Trinajstić information content (AvgIpc) is 3.88. The summed E-state index contributed by atoms with van der Waals surface area (Å²) in [6.45, 7) is 9.17. The van der Waals surface area contributed by atoms with Gasteiger partial charge in [-0.2, -0.15) is 0 Å². The zero-order valence-electron chi connectivity index (χ0n) is 29.6. The van der Waals surface area contributed by atoms with E-state index in [1.165, 1.54) is 42.4 Å². The number of thioether (sulfide) groups is 2. The Kier molecular flexibility index (Phi) is 11.3. The van der Waals surface area contributed by atoms with Crippen LogP contribution in [0.3, 0.4) is 0 Å². The van der Waals surface area contributed by atoms with E-state index in [0.717, 1.165) is 59.9 Å². The molecule has 5 atom stereocenters. The van der Waals surface area contributed by atoms with E-state index in [0.29, 0.717) is 11.8 Å². The van der Waals surface area contributed by atoms with Crippen molar-refractivity contribution in [1.82, 2.24) is 4.90 Å². The van der Waals surface area contributed by atoms with Gasteiger partial charge in [-0.05, 0) is 0 Å². The molecule has 3 aromatic carbocycles. The number of hydrogen-bond donors (Lipinski definition) is 0. The fourth-order valence-corrected chi connectivity index (χ4v) is 13.7. The van der Waals surface area contributed by atoms with Crippen molar-refractivity contribution in [2.45, 2.75) is 100 Å². The Balaban J connectivity index is 1.25.